The van der Waals surface area contributed by atoms with Crippen molar-refractivity contribution in [3.05, 3.63) is 54.6 Å². The van der Waals surface area contributed by atoms with Gasteiger partial charge < -0.3 is 19.9 Å². The Morgan fingerprint density at radius 1 is 0.962 bits per heavy atom. The lowest BCUT2D eigenvalue weighted by atomic mass is 9.78. The fourth-order valence-electron chi connectivity index (χ4n) is 3.82. The number of anilines is 1. The van der Waals surface area contributed by atoms with Crippen molar-refractivity contribution in [1.29, 1.82) is 0 Å². The molecule has 0 spiro atoms. The van der Waals surface area contributed by atoms with Crippen molar-refractivity contribution in [1.82, 2.24) is 0 Å². The van der Waals surface area contributed by atoms with Crippen LogP contribution in [0.1, 0.15) is 12.8 Å². The first-order chi connectivity index (χ1) is 12.6. The molecule has 2 heterocycles. The van der Waals surface area contributed by atoms with E-state index in [0.29, 0.717) is 30.0 Å². The average Bonchev–Trinajstić information content (AvgIpc) is 3.25. The Balaban J connectivity index is 1.54. The second-order valence-corrected chi connectivity index (χ2v) is 6.58. The van der Waals surface area contributed by atoms with Crippen molar-refractivity contribution in [3.8, 4) is 11.5 Å². The Bertz CT molecular complexity index is 822. The number of aliphatic carboxylic acids is 1. The number of amides is 1. The molecule has 2 aliphatic rings. The van der Waals surface area contributed by atoms with E-state index in [2.05, 4.69) is 5.32 Å². The number of hydrogen-bond acceptors (Lipinski definition) is 4. The van der Waals surface area contributed by atoms with Crippen molar-refractivity contribution in [2.45, 2.75) is 25.0 Å². The molecule has 4 atom stereocenters. The van der Waals surface area contributed by atoms with E-state index in [0.717, 1.165) is 0 Å². The second-order valence-electron chi connectivity index (χ2n) is 6.58. The molecule has 2 aliphatic heterocycles. The summed E-state index contributed by atoms with van der Waals surface area (Å²) in [7, 11) is 0. The molecule has 1 amide bonds. The van der Waals surface area contributed by atoms with Gasteiger partial charge in [0.05, 0.1) is 29.7 Å². The molecule has 2 bridgehead atoms. The number of para-hydroxylation sites is 3. The van der Waals surface area contributed by atoms with E-state index in [9.17, 15) is 14.7 Å². The minimum Gasteiger partial charge on any atom is -0.481 e. The number of rotatable bonds is 5. The molecule has 6 nitrogen and oxygen atoms in total. The first-order valence-electron chi connectivity index (χ1n) is 8.64. The number of carbonyl (C=O) groups excluding carboxylic acids is 1. The molecule has 0 aliphatic carbocycles. The van der Waals surface area contributed by atoms with E-state index in [1.165, 1.54) is 0 Å². The molecule has 0 radical (unpaired) electrons. The summed E-state index contributed by atoms with van der Waals surface area (Å²) in [5.74, 6) is -1.64. The van der Waals surface area contributed by atoms with Crippen LogP contribution in [-0.2, 0) is 14.3 Å². The zero-order valence-corrected chi connectivity index (χ0v) is 14.0. The Labute approximate surface area is 150 Å². The zero-order valence-electron chi connectivity index (χ0n) is 14.0. The van der Waals surface area contributed by atoms with Crippen LogP contribution in [0.5, 0.6) is 11.5 Å². The largest absolute Gasteiger partial charge is 0.481 e. The standard InChI is InChI=1S/C20H19NO5/c22-19(17-15-10-11-16(26-15)18(17)20(23)24)21-13-8-4-5-9-14(13)25-12-6-2-1-3-7-12/h1-9,15-18H,10-11H2,(H,21,22)(H,23,24)/t15-,16-,17+,18-/m0/s1. The van der Waals surface area contributed by atoms with E-state index in [1.807, 2.05) is 36.4 Å². The van der Waals surface area contributed by atoms with Crippen LogP contribution in [0.25, 0.3) is 0 Å². The Morgan fingerprint density at radius 2 is 1.62 bits per heavy atom. The van der Waals surface area contributed by atoms with Crippen molar-refractivity contribution in [3.63, 3.8) is 0 Å². The predicted molar refractivity (Wildman–Crippen MR) is 94.1 cm³/mol. The van der Waals surface area contributed by atoms with Gasteiger partial charge in [0.15, 0.2) is 5.75 Å². The quantitative estimate of drug-likeness (QED) is 0.861. The van der Waals surface area contributed by atoms with Crippen LogP contribution in [-0.4, -0.2) is 29.2 Å². The summed E-state index contributed by atoms with van der Waals surface area (Å²) in [5.41, 5.74) is 0.508. The van der Waals surface area contributed by atoms with Crippen LogP contribution in [0.15, 0.2) is 54.6 Å². The average molecular weight is 353 g/mol. The maximum atomic E-state index is 12.8. The summed E-state index contributed by atoms with van der Waals surface area (Å²) >= 11 is 0. The summed E-state index contributed by atoms with van der Waals surface area (Å²) in [5, 5.41) is 12.3. The highest BCUT2D eigenvalue weighted by Crippen LogP contribution is 2.44. The molecule has 134 valence electrons. The van der Waals surface area contributed by atoms with Gasteiger partial charge in [-0.15, -0.1) is 0 Å². The SMILES string of the molecule is O=C(O)[C@@H]1[C@H](C(=O)Nc2ccccc2Oc2ccccc2)[C@@H]2CC[C@@H]1O2. The highest BCUT2D eigenvalue weighted by atomic mass is 16.5. The van der Waals surface area contributed by atoms with Gasteiger partial charge in [-0.25, -0.2) is 0 Å². The van der Waals surface area contributed by atoms with Crippen LogP contribution >= 0.6 is 0 Å². The van der Waals surface area contributed by atoms with Gasteiger partial charge in [0.25, 0.3) is 0 Å². The third-order valence-electron chi connectivity index (χ3n) is 4.98. The molecule has 2 saturated heterocycles. The number of benzene rings is 2. The molecule has 26 heavy (non-hydrogen) atoms. The lowest BCUT2D eigenvalue weighted by Gasteiger charge is -2.24. The van der Waals surface area contributed by atoms with Gasteiger partial charge in [-0.1, -0.05) is 30.3 Å². The number of carboxylic acids is 1. The minimum absolute atomic E-state index is 0.330. The smallest absolute Gasteiger partial charge is 0.310 e. The van der Waals surface area contributed by atoms with Gasteiger partial charge in [0.2, 0.25) is 5.91 Å². The normalized spacial score (nSPS) is 26.5. The summed E-state index contributed by atoms with van der Waals surface area (Å²) in [6, 6.07) is 16.4. The van der Waals surface area contributed by atoms with E-state index < -0.39 is 17.8 Å². The van der Waals surface area contributed by atoms with Crippen LogP contribution in [0, 0.1) is 11.8 Å². The topological polar surface area (TPSA) is 84.9 Å². The number of carboxylic acid groups (broad SMARTS) is 1. The van der Waals surface area contributed by atoms with E-state index >= 15 is 0 Å². The fraction of sp³-hybridized carbons (Fsp3) is 0.300. The molecule has 6 heteroatoms. The molecule has 0 saturated carbocycles. The van der Waals surface area contributed by atoms with Crippen LogP contribution < -0.4 is 10.1 Å². The van der Waals surface area contributed by atoms with Gasteiger partial charge >= 0.3 is 5.97 Å². The summed E-state index contributed by atoms with van der Waals surface area (Å²) in [6.07, 6.45) is 0.709. The van der Waals surface area contributed by atoms with Crippen molar-refractivity contribution in [2.75, 3.05) is 5.32 Å². The van der Waals surface area contributed by atoms with Crippen molar-refractivity contribution >= 4 is 17.6 Å². The number of ether oxygens (including phenoxy) is 2. The first-order valence-corrected chi connectivity index (χ1v) is 8.64. The third kappa shape index (κ3) is 3.04. The Morgan fingerprint density at radius 3 is 2.35 bits per heavy atom. The highest BCUT2D eigenvalue weighted by Gasteiger charge is 2.55. The fourth-order valence-corrected chi connectivity index (χ4v) is 3.82. The van der Waals surface area contributed by atoms with Gasteiger partial charge in [0, 0.05) is 0 Å². The molecule has 0 aromatic heterocycles. The summed E-state index contributed by atoms with van der Waals surface area (Å²) < 4.78 is 11.5. The summed E-state index contributed by atoms with van der Waals surface area (Å²) in [6.45, 7) is 0. The first kappa shape index (κ1) is 16.6. The highest BCUT2D eigenvalue weighted by molar-refractivity contribution is 5.97. The van der Waals surface area contributed by atoms with E-state index in [1.54, 1.807) is 18.2 Å². The predicted octanol–water partition coefficient (Wildman–Crippen LogP) is 3.30. The van der Waals surface area contributed by atoms with E-state index in [4.69, 9.17) is 9.47 Å². The Kier molecular flexibility index (Phi) is 4.34. The molecule has 2 aromatic rings. The molecule has 2 fully saturated rings. The van der Waals surface area contributed by atoms with Gasteiger partial charge in [-0.2, -0.15) is 0 Å². The maximum absolute atomic E-state index is 12.8. The molecule has 4 rings (SSSR count). The zero-order chi connectivity index (χ0) is 18.1. The number of fused-ring (bicyclic) bond motifs is 2. The van der Waals surface area contributed by atoms with Gasteiger partial charge in [-0.3, -0.25) is 9.59 Å². The maximum Gasteiger partial charge on any atom is 0.310 e. The van der Waals surface area contributed by atoms with Gasteiger partial charge in [0.1, 0.15) is 5.75 Å². The van der Waals surface area contributed by atoms with Crippen LogP contribution in [0.4, 0.5) is 5.69 Å². The van der Waals surface area contributed by atoms with Crippen molar-refractivity contribution < 1.29 is 24.2 Å². The van der Waals surface area contributed by atoms with E-state index in [-0.39, 0.29) is 18.1 Å². The second kappa shape index (κ2) is 6.80. The van der Waals surface area contributed by atoms with Crippen LogP contribution in [0.3, 0.4) is 0 Å². The Hall–Kier alpha value is -2.86. The lowest BCUT2D eigenvalue weighted by Crippen LogP contribution is -2.40. The number of carbonyl (C=O) groups is 2. The number of hydrogen-bond donors (Lipinski definition) is 2. The molecule has 2 N–H and O–H groups in total. The van der Waals surface area contributed by atoms with Crippen LogP contribution in [0.2, 0.25) is 0 Å². The number of nitrogens with one attached hydrogen (secondary N) is 1. The molecular weight excluding hydrogens is 334 g/mol. The minimum atomic E-state index is -0.980. The van der Waals surface area contributed by atoms with Gasteiger partial charge in [-0.05, 0) is 37.1 Å². The molecular formula is C20H19NO5. The lowest BCUT2D eigenvalue weighted by molar-refractivity contribution is -0.147. The molecule has 2 aromatic carbocycles. The van der Waals surface area contributed by atoms with Crippen molar-refractivity contribution in [2.24, 2.45) is 11.8 Å². The summed E-state index contributed by atoms with van der Waals surface area (Å²) in [4.78, 5) is 24.4. The monoisotopic (exact) mass is 353 g/mol. The molecule has 0 unspecified atom stereocenters. The third-order valence-corrected chi connectivity index (χ3v) is 4.98.